The van der Waals surface area contributed by atoms with Gasteiger partial charge in [0.25, 0.3) is 8.32 Å². The normalized spacial score (nSPS) is 35.3. The minimum Gasteiger partial charge on any atom is -0.404 e. The van der Waals surface area contributed by atoms with Crippen LogP contribution in [0, 0.1) is 28.6 Å². The Morgan fingerprint density at radius 2 is 1.46 bits per heavy atom. The molecule has 0 heterocycles. The molecule has 0 aromatic heterocycles. The van der Waals surface area contributed by atoms with E-state index < -0.39 is 8.32 Å². The molecule has 4 aliphatic carbocycles. The van der Waals surface area contributed by atoms with Crippen molar-refractivity contribution in [1.82, 2.24) is 0 Å². The molecule has 37 heavy (non-hydrogen) atoms. The first-order valence-corrected chi connectivity index (χ1v) is 16.7. The molecule has 0 bridgehead atoms. The fourth-order valence-corrected chi connectivity index (χ4v) is 13.9. The van der Waals surface area contributed by atoms with Crippen LogP contribution in [-0.4, -0.2) is 14.4 Å². The van der Waals surface area contributed by atoms with Crippen molar-refractivity contribution < 1.29 is 4.43 Å². The van der Waals surface area contributed by atoms with Crippen LogP contribution < -0.4 is 10.4 Å². The van der Waals surface area contributed by atoms with Gasteiger partial charge in [-0.1, -0.05) is 119 Å². The molecule has 0 saturated heterocycles. The van der Waals surface area contributed by atoms with Crippen LogP contribution in [0.3, 0.4) is 0 Å². The summed E-state index contributed by atoms with van der Waals surface area (Å²) in [5, 5.41) is 2.84. The number of hydrogen-bond acceptors (Lipinski definition) is 1. The Balaban J connectivity index is 1.33. The number of benzene rings is 2. The molecule has 0 spiro atoms. The highest BCUT2D eigenvalue weighted by Crippen LogP contribution is 2.63. The summed E-state index contributed by atoms with van der Waals surface area (Å²) < 4.78 is 7.62. The molecular weight excluding hydrogens is 464 g/mol. The first-order chi connectivity index (χ1) is 17.7. The second-order valence-corrected chi connectivity index (χ2v) is 18.3. The molecule has 3 unspecified atom stereocenters. The first-order valence-electron chi connectivity index (χ1n) is 14.8. The molecule has 6 rings (SSSR count). The topological polar surface area (TPSA) is 9.23 Å². The Hall–Kier alpha value is -1.90. The average Bonchev–Trinajstić information content (AvgIpc) is 3.29. The molecule has 6 atom stereocenters. The zero-order chi connectivity index (χ0) is 25.9. The van der Waals surface area contributed by atoms with Gasteiger partial charge in [-0.25, -0.2) is 0 Å². The molecule has 2 fully saturated rings. The molecule has 1 nitrogen and oxygen atoms in total. The predicted molar refractivity (Wildman–Crippen MR) is 159 cm³/mol. The number of allylic oxidation sites excluding steroid dienone is 3. The number of hydrogen-bond donors (Lipinski definition) is 0. The fourth-order valence-electron chi connectivity index (χ4n) is 9.15. The SMILES string of the molecule is CC(C)(C)[Si](O[C@H]1CC[C@@]2(C)C(=CCC3C4CC=C[C@@]4(C)CCC32)C1)(c1ccccc1)c1ccccc1. The van der Waals surface area contributed by atoms with Crippen LogP contribution in [0.25, 0.3) is 0 Å². The molecule has 0 radical (unpaired) electrons. The zero-order valence-corrected chi connectivity index (χ0v) is 24.7. The van der Waals surface area contributed by atoms with E-state index in [4.69, 9.17) is 4.43 Å². The van der Waals surface area contributed by atoms with Crippen LogP contribution in [0.1, 0.15) is 79.6 Å². The Kier molecular flexibility index (Phi) is 6.24. The molecular formula is C35H46OSi. The van der Waals surface area contributed by atoms with Gasteiger partial charge in [0.1, 0.15) is 0 Å². The fraction of sp³-hybridized carbons (Fsp3) is 0.543. The van der Waals surface area contributed by atoms with E-state index in [-0.39, 0.29) is 5.04 Å². The van der Waals surface area contributed by atoms with E-state index in [0.717, 1.165) is 24.2 Å². The highest BCUT2D eigenvalue weighted by molar-refractivity contribution is 6.99. The van der Waals surface area contributed by atoms with Crippen molar-refractivity contribution in [2.24, 2.45) is 28.6 Å². The standard InChI is InChI=1S/C35H46OSi/c1-33(2,3)37(28-13-8-6-9-14-28,29-15-10-7-11-16-29)36-27-20-24-35(5)26(25-27)18-19-30-31-17-12-22-34(31,4)23-21-32(30)35/h6-16,18,22,27,30-32H,17,19-21,23-25H2,1-5H3/t27-,30?,31?,32?,34-,35-/m0/s1. The maximum Gasteiger partial charge on any atom is 0.261 e. The van der Waals surface area contributed by atoms with Gasteiger partial charge in [0.15, 0.2) is 0 Å². The summed E-state index contributed by atoms with van der Waals surface area (Å²) in [6, 6.07) is 22.4. The summed E-state index contributed by atoms with van der Waals surface area (Å²) in [5.74, 6) is 2.56. The molecule has 0 aliphatic heterocycles. The van der Waals surface area contributed by atoms with Crippen molar-refractivity contribution in [2.75, 3.05) is 0 Å². The third-order valence-electron chi connectivity index (χ3n) is 11.1. The quantitative estimate of drug-likeness (QED) is 0.298. The molecule has 196 valence electrons. The maximum atomic E-state index is 7.62. The molecule has 2 heteroatoms. The van der Waals surface area contributed by atoms with Gasteiger partial charge in [-0.05, 0) is 88.9 Å². The Morgan fingerprint density at radius 1 is 0.811 bits per heavy atom. The Labute approximate surface area is 226 Å². The summed E-state index contributed by atoms with van der Waals surface area (Å²) >= 11 is 0. The van der Waals surface area contributed by atoms with Crippen molar-refractivity contribution in [3.8, 4) is 0 Å². The molecule has 2 aromatic rings. The van der Waals surface area contributed by atoms with Gasteiger partial charge < -0.3 is 4.43 Å². The summed E-state index contributed by atoms with van der Waals surface area (Å²) in [6.07, 6.45) is 17.0. The smallest absolute Gasteiger partial charge is 0.261 e. The summed E-state index contributed by atoms with van der Waals surface area (Å²) in [4.78, 5) is 0. The third kappa shape index (κ3) is 3.97. The summed E-state index contributed by atoms with van der Waals surface area (Å²) in [7, 11) is -2.52. The lowest BCUT2D eigenvalue weighted by Gasteiger charge is -2.58. The van der Waals surface area contributed by atoms with Crippen LogP contribution in [0.2, 0.25) is 5.04 Å². The van der Waals surface area contributed by atoms with Crippen molar-refractivity contribution in [1.29, 1.82) is 0 Å². The van der Waals surface area contributed by atoms with E-state index in [1.54, 1.807) is 5.57 Å². The first kappa shape index (κ1) is 25.4. The van der Waals surface area contributed by atoms with Gasteiger partial charge >= 0.3 is 0 Å². The van der Waals surface area contributed by atoms with Crippen molar-refractivity contribution in [3.63, 3.8) is 0 Å². The second-order valence-electron chi connectivity index (χ2n) is 14.1. The highest BCUT2D eigenvalue weighted by atomic mass is 28.4. The van der Waals surface area contributed by atoms with Gasteiger partial charge in [-0.3, -0.25) is 0 Å². The van der Waals surface area contributed by atoms with Crippen molar-refractivity contribution in [2.45, 2.75) is 90.7 Å². The van der Waals surface area contributed by atoms with Crippen LogP contribution >= 0.6 is 0 Å². The van der Waals surface area contributed by atoms with E-state index in [1.807, 2.05) is 0 Å². The van der Waals surface area contributed by atoms with Crippen molar-refractivity contribution in [3.05, 3.63) is 84.5 Å². The van der Waals surface area contributed by atoms with E-state index in [1.165, 1.54) is 48.9 Å². The van der Waals surface area contributed by atoms with E-state index in [2.05, 4.69) is 114 Å². The monoisotopic (exact) mass is 510 g/mol. The number of rotatable bonds is 4. The molecule has 2 aromatic carbocycles. The second kappa shape index (κ2) is 9.09. The average molecular weight is 511 g/mol. The van der Waals surface area contributed by atoms with E-state index in [9.17, 15) is 0 Å². The summed E-state index contributed by atoms with van der Waals surface area (Å²) in [6.45, 7) is 12.4. The minimum absolute atomic E-state index is 0.0335. The van der Waals surface area contributed by atoms with E-state index >= 15 is 0 Å². The third-order valence-corrected chi connectivity index (χ3v) is 16.2. The van der Waals surface area contributed by atoms with Gasteiger partial charge in [-0.15, -0.1) is 0 Å². The minimum atomic E-state index is -2.52. The largest absolute Gasteiger partial charge is 0.404 e. The molecule has 0 amide bonds. The lowest BCUT2D eigenvalue weighted by molar-refractivity contribution is -0.0246. The Morgan fingerprint density at radius 3 is 2.08 bits per heavy atom. The van der Waals surface area contributed by atoms with E-state index in [0.29, 0.717) is 16.9 Å². The highest BCUT2D eigenvalue weighted by Gasteiger charge is 2.56. The molecule has 2 saturated carbocycles. The lowest BCUT2D eigenvalue weighted by atomic mass is 9.48. The summed E-state index contributed by atoms with van der Waals surface area (Å²) in [5.41, 5.74) is 2.53. The molecule has 4 aliphatic rings. The Bertz CT molecular complexity index is 1140. The van der Waals surface area contributed by atoms with Gasteiger partial charge in [0.05, 0.1) is 0 Å². The molecule has 0 N–H and O–H groups in total. The number of fused-ring (bicyclic) bond motifs is 5. The van der Waals surface area contributed by atoms with Gasteiger partial charge in [0.2, 0.25) is 0 Å². The zero-order valence-electron chi connectivity index (χ0n) is 23.7. The maximum absolute atomic E-state index is 7.62. The van der Waals surface area contributed by atoms with Crippen LogP contribution in [0.5, 0.6) is 0 Å². The van der Waals surface area contributed by atoms with Crippen LogP contribution in [0.4, 0.5) is 0 Å². The lowest BCUT2D eigenvalue weighted by Crippen LogP contribution is -2.68. The van der Waals surface area contributed by atoms with Crippen LogP contribution in [0.15, 0.2) is 84.5 Å². The van der Waals surface area contributed by atoms with Crippen molar-refractivity contribution >= 4 is 18.7 Å². The van der Waals surface area contributed by atoms with Gasteiger partial charge in [0, 0.05) is 6.10 Å². The van der Waals surface area contributed by atoms with Gasteiger partial charge in [-0.2, -0.15) is 0 Å². The predicted octanol–water partition coefficient (Wildman–Crippen LogP) is 8.06. The van der Waals surface area contributed by atoms with Crippen LogP contribution in [-0.2, 0) is 4.43 Å².